The fraction of sp³-hybridized carbons (Fsp3) is 0.500. The first-order chi connectivity index (χ1) is 12.1. The molecule has 1 saturated heterocycles. The van der Waals surface area contributed by atoms with Gasteiger partial charge in [0.25, 0.3) is 5.91 Å². The van der Waals surface area contributed by atoms with E-state index in [2.05, 4.69) is 0 Å². The van der Waals surface area contributed by atoms with E-state index < -0.39 is 6.04 Å². The molecule has 1 fully saturated rings. The summed E-state index contributed by atoms with van der Waals surface area (Å²) in [5.41, 5.74) is 0.439. The summed E-state index contributed by atoms with van der Waals surface area (Å²) < 4.78 is 15.8. The first-order valence-electron chi connectivity index (χ1n) is 8.27. The summed E-state index contributed by atoms with van der Waals surface area (Å²) in [4.78, 5) is 26.1. The summed E-state index contributed by atoms with van der Waals surface area (Å²) in [5.74, 6) is 0.114. The molecule has 1 aromatic rings. The Hall–Kier alpha value is -2.75. The van der Waals surface area contributed by atoms with Gasteiger partial charge in [-0.15, -0.1) is 0 Å². The van der Waals surface area contributed by atoms with Gasteiger partial charge < -0.3 is 19.1 Å². The number of amides is 1. The second-order valence-corrected chi connectivity index (χ2v) is 5.62. The largest absolute Gasteiger partial charge is 0.493 e. The highest BCUT2D eigenvalue weighted by Gasteiger charge is 2.33. The fourth-order valence-electron chi connectivity index (χ4n) is 2.79. The smallest absolute Gasteiger partial charge is 0.328 e. The first kappa shape index (κ1) is 18.6. The van der Waals surface area contributed by atoms with Gasteiger partial charge in [0.05, 0.1) is 25.3 Å². The van der Waals surface area contributed by atoms with Crippen molar-refractivity contribution >= 4 is 11.9 Å². The van der Waals surface area contributed by atoms with E-state index in [0.717, 1.165) is 12.8 Å². The highest BCUT2D eigenvalue weighted by atomic mass is 16.5. The lowest BCUT2D eigenvalue weighted by Crippen LogP contribution is -2.50. The summed E-state index contributed by atoms with van der Waals surface area (Å²) in [6.45, 7) is 2.33. The molecule has 0 aromatic heterocycles. The second-order valence-electron chi connectivity index (χ2n) is 5.62. The van der Waals surface area contributed by atoms with Crippen molar-refractivity contribution in [2.75, 3.05) is 26.9 Å². The third-order valence-electron chi connectivity index (χ3n) is 4.03. The van der Waals surface area contributed by atoms with Crippen LogP contribution >= 0.6 is 0 Å². The molecule has 0 bridgehead atoms. The van der Waals surface area contributed by atoms with Gasteiger partial charge in [-0.1, -0.05) is 0 Å². The van der Waals surface area contributed by atoms with Crippen molar-refractivity contribution < 1.29 is 23.8 Å². The summed E-state index contributed by atoms with van der Waals surface area (Å²) in [5, 5.41) is 8.91. The molecule has 0 aliphatic carbocycles. The minimum atomic E-state index is -0.548. The molecule has 1 aromatic carbocycles. The molecular formula is C18H22N2O5. The summed E-state index contributed by atoms with van der Waals surface area (Å²) in [6.07, 6.45) is 2.34. The molecule has 2 rings (SSSR count). The van der Waals surface area contributed by atoms with Gasteiger partial charge in [0.15, 0.2) is 18.1 Å². The molecule has 7 nitrogen and oxygen atoms in total. The van der Waals surface area contributed by atoms with E-state index in [1.54, 1.807) is 25.1 Å². The number of hydrogen-bond acceptors (Lipinski definition) is 6. The van der Waals surface area contributed by atoms with Crippen LogP contribution in [0.3, 0.4) is 0 Å². The van der Waals surface area contributed by atoms with E-state index in [-0.39, 0.29) is 25.1 Å². The topological polar surface area (TPSA) is 88.9 Å². The van der Waals surface area contributed by atoms with Crippen molar-refractivity contribution in [2.24, 2.45) is 0 Å². The highest BCUT2D eigenvalue weighted by Crippen LogP contribution is 2.28. The lowest BCUT2D eigenvalue weighted by molar-refractivity contribution is -0.157. The van der Waals surface area contributed by atoms with Gasteiger partial charge in [0.2, 0.25) is 0 Å². The van der Waals surface area contributed by atoms with Gasteiger partial charge in [-0.25, -0.2) is 4.79 Å². The molecule has 134 valence electrons. The zero-order valence-electron chi connectivity index (χ0n) is 14.5. The number of methoxy groups -OCH3 is 1. The van der Waals surface area contributed by atoms with E-state index in [4.69, 9.17) is 19.5 Å². The Morgan fingerprint density at radius 3 is 2.80 bits per heavy atom. The number of piperidine rings is 1. The number of carbonyl (C=O) groups excluding carboxylic acids is 2. The van der Waals surface area contributed by atoms with Crippen LogP contribution in [0.15, 0.2) is 18.2 Å². The van der Waals surface area contributed by atoms with E-state index in [1.165, 1.54) is 12.0 Å². The molecule has 7 heteroatoms. The Labute approximate surface area is 147 Å². The highest BCUT2D eigenvalue weighted by molar-refractivity contribution is 5.85. The van der Waals surface area contributed by atoms with Crippen LogP contribution in [-0.2, 0) is 14.3 Å². The van der Waals surface area contributed by atoms with Crippen LogP contribution in [0.4, 0.5) is 0 Å². The Kier molecular flexibility index (Phi) is 6.63. The Morgan fingerprint density at radius 2 is 2.12 bits per heavy atom. The standard InChI is InChI=1S/C18H22N2O5/c1-3-24-18(22)14-6-4-5-9-20(14)17(21)12-25-15-8-7-13(11-19)10-16(15)23-2/h7-8,10,14H,3-6,9,12H2,1-2H3/t14-/m0/s1. The van der Waals surface area contributed by atoms with Crippen LogP contribution in [0.1, 0.15) is 31.7 Å². The summed E-state index contributed by atoms with van der Waals surface area (Å²) >= 11 is 0. The van der Waals surface area contributed by atoms with Crippen molar-refractivity contribution in [1.82, 2.24) is 4.90 Å². The third kappa shape index (κ3) is 4.63. The minimum Gasteiger partial charge on any atom is -0.493 e. The number of benzene rings is 1. The number of nitrogens with zero attached hydrogens (tertiary/aromatic N) is 2. The molecule has 1 aliphatic rings. The molecule has 1 heterocycles. The SMILES string of the molecule is CCOC(=O)[C@@H]1CCCCN1C(=O)COc1ccc(C#N)cc1OC. The number of esters is 1. The maximum Gasteiger partial charge on any atom is 0.328 e. The lowest BCUT2D eigenvalue weighted by Gasteiger charge is -2.33. The fourth-order valence-corrected chi connectivity index (χ4v) is 2.79. The quantitative estimate of drug-likeness (QED) is 0.731. The molecule has 0 spiro atoms. The Bertz CT molecular complexity index is 668. The lowest BCUT2D eigenvalue weighted by atomic mass is 10.0. The molecular weight excluding hydrogens is 324 g/mol. The molecule has 0 radical (unpaired) electrons. The van der Waals surface area contributed by atoms with Crippen LogP contribution in [-0.4, -0.2) is 49.7 Å². The maximum absolute atomic E-state index is 12.5. The number of nitriles is 1. The van der Waals surface area contributed by atoms with E-state index >= 15 is 0 Å². The van der Waals surface area contributed by atoms with Gasteiger partial charge in [-0.2, -0.15) is 5.26 Å². The normalized spacial score (nSPS) is 16.7. The number of rotatable bonds is 6. The van der Waals surface area contributed by atoms with Crippen LogP contribution in [0, 0.1) is 11.3 Å². The molecule has 0 saturated carbocycles. The first-order valence-corrected chi connectivity index (χ1v) is 8.27. The van der Waals surface area contributed by atoms with Crippen molar-refractivity contribution in [1.29, 1.82) is 5.26 Å². The van der Waals surface area contributed by atoms with E-state index in [9.17, 15) is 9.59 Å². The monoisotopic (exact) mass is 346 g/mol. The van der Waals surface area contributed by atoms with E-state index in [0.29, 0.717) is 30.0 Å². The van der Waals surface area contributed by atoms with Crippen molar-refractivity contribution in [3.8, 4) is 17.6 Å². The van der Waals surface area contributed by atoms with Crippen molar-refractivity contribution in [3.63, 3.8) is 0 Å². The Morgan fingerprint density at radius 1 is 1.32 bits per heavy atom. The predicted octanol–water partition coefficient (Wildman–Crippen LogP) is 1.89. The zero-order valence-corrected chi connectivity index (χ0v) is 14.5. The zero-order chi connectivity index (χ0) is 18.2. The summed E-state index contributed by atoms with van der Waals surface area (Å²) in [7, 11) is 1.46. The van der Waals surface area contributed by atoms with Crippen molar-refractivity contribution in [3.05, 3.63) is 23.8 Å². The van der Waals surface area contributed by atoms with Gasteiger partial charge in [0.1, 0.15) is 6.04 Å². The van der Waals surface area contributed by atoms with Crippen LogP contribution in [0.25, 0.3) is 0 Å². The molecule has 1 amide bonds. The van der Waals surface area contributed by atoms with E-state index in [1.807, 2.05) is 6.07 Å². The molecule has 0 N–H and O–H groups in total. The summed E-state index contributed by atoms with van der Waals surface area (Å²) in [6, 6.07) is 6.18. The number of hydrogen-bond donors (Lipinski definition) is 0. The van der Waals surface area contributed by atoms with Gasteiger partial charge >= 0.3 is 5.97 Å². The number of ether oxygens (including phenoxy) is 3. The maximum atomic E-state index is 12.5. The third-order valence-corrected chi connectivity index (χ3v) is 4.03. The Balaban J connectivity index is 2.03. The van der Waals surface area contributed by atoms with Crippen LogP contribution in [0.2, 0.25) is 0 Å². The average Bonchev–Trinajstić information content (AvgIpc) is 2.66. The van der Waals surface area contributed by atoms with Gasteiger partial charge in [-0.05, 0) is 38.3 Å². The van der Waals surface area contributed by atoms with Gasteiger partial charge in [-0.3, -0.25) is 4.79 Å². The molecule has 1 aliphatic heterocycles. The molecule has 1 atom stereocenters. The molecule has 0 unspecified atom stereocenters. The minimum absolute atomic E-state index is 0.210. The second kappa shape index (κ2) is 8.92. The van der Waals surface area contributed by atoms with Crippen molar-refractivity contribution in [2.45, 2.75) is 32.2 Å². The number of likely N-dealkylation sites (tertiary alicyclic amines) is 1. The molecule has 25 heavy (non-hydrogen) atoms. The average molecular weight is 346 g/mol. The van der Waals surface area contributed by atoms with Crippen LogP contribution < -0.4 is 9.47 Å². The predicted molar refractivity (Wildman–Crippen MR) is 89.2 cm³/mol. The number of carbonyl (C=O) groups is 2. The van der Waals surface area contributed by atoms with Crippen LogP contribution in [0.5, 0.6) is 11.5 Å². The van der Waals surface area contributed by atoms with Gasteiger partial charge in [0, 0.05) is 12.6 Å².